The molecule has 0 fully saturated rings. The molecule has 5 nitrogen and oxygen atoms in total. The summed E-state index contributed by atoms with van der Waals surface area (Å²) in [4.78, 5) is 22.6. The van der Waals surface area contributed by atoms with Crippen molar-refractivity contribution in [3.63, 3.8) is 0 Å². The molecule has 1 amide bonds. The van der Waals surface area contributed by atoms with Crippen LogP contribution in [0.15, 0.2) is 18.2 Å². The van der Waals surface area contributed by atoms with E-state index in [4.69, 9.17) is 10.8 Å². The van der Waals surface area contributed by atoms with Gasteiger partial charge in [-0.2, -0.15) is 0 Å². The number of carboxylic acids is 1. The molecule has 6 heteroatoms. The third-order valence-corrected chi connectivity index (χ3v) is 2.78. The second-order valence-corrected chi connectivity index (χ2v) is 4.40. The molecule has 0 aliphatic heterocycles. The standard InChI is InChI=1S/C13H17FN2O3/c1-8(7-15)5-6-11(17)16-12-9(13(18)19)3-2-4-10(12)14/h2-4,8H,5-7,15H2,1H3,(H,16,17)(H,18,19). The number of para-hydroxylation sites is 1. The first kappa shape index (κ1) is 15.1. The number of carbonyl (C=O) groups excluding carboxylic acids is 1. The van der Waals surface area contributed by atoms with Crippen molar-refractivity contribution in [3.05, 3.63) is 29.6 Å². The van der Waals surface area contributed by atoms with Crippen molar-refractivity contribution in [1.29, 1.82) is 0 Å². The van der Waals surface area contributed by atoms with Crippen LogP contribution in [0.25, 0.3) is 0 Å². The summed E-state index contributed by atoms with van der Waals surface area (Å²) in [6, 6.07) is 3.62. The van der Waals surface area contributed by atoms with Gasteiger partial charge < -0.3 is 16.2 Å². The highest BCUT2D eigenvalue weighted by atomic mass is 19.1. The fourth-order valence-corrected chi connectivity index (χ4v) is 1.53. The molecule has 0 aromatic heterocycles. The first-order valence-corrected chi connectivity index (χ1v) is 5.97. The van der Waals surface area contributed by atoms with Crippen LogP contribution in [-0.2, 0) is 4.79 Å². The van der Waals surface area contributed by atoms with E-state index in [1.165, 1.54) is 12.1 Å². The Balaban J connectivity index is 2.76. The highest BCUT2D eigenvalue weighted by molar-refractivity contribution is 6.00. The number of anilines is 1. The average Bonchev–Trinajstić information content (AvgIpc) is 2.38. The summed E-state index contributed by atoms with van der Waals surface area (Å²) >= 11 is 0. The molecular weight excluding hydrogens is 251 g/mol. The van der Waals surface area contributed by atoms with E-state index < -0.39 is 17.7 Å². The Labute approximate surface area is 110 Å². The lowest BCUT2D eigenvalue weighted by Crippen LogP contribution is -2.18. The number of amides is 1. The average molecular weight is 268 g/mol. The zero-order chi connectivity index (χ0) is 14.4. The van der Waals surface area contributed by atoms with Crippen LogP contribution in [0.2, 0.25) is 0 Å². The van der Waals surface area contributed by atoms with Crippen molar-refractivity contribution in [2.75, 3.05) is 11.9 Å². The fraction of sp³-hybridized carbons (Fsp3) is 0.385. The predicted octanol–water partition coefficient (Wildman–Crippen LogP) is 1.84. The van der Waals surface area contributed by atoms with Crippen molar-refractivity contribution in [2.24, 2.45) is 11.7 Å². The number of nitrogens with two attached hydrogens (primary N) is 1. The van der Waals surface area contributed by atoms with Crippen LogP contribution in [0, 0.1) is 11.7 Å². The number of aromatic carboxylic acids is 1. The summed E-state index contributed by atoms with van der Waals surface area (Å²) in [6.07, 6.45) is 0.741. The van der Waals surface area contributed by atoms with Crippen molar-refractivity contribution < 1.29 is 19.1 Å². The molecule has 1 rings (SSSR count). The first-order chi connectivity index (χ1) is 8.95. The molecule has 0 saturated heterocycles. The van der Waals surface area contributed by atoms with E-state index in [0.29, 0.717) is 13.0 Å². The van der Waals surface area contributed by atoms with Gasteiger partial charge in [-0.05, 0) is 31.0 Å². The molecule has 19 heavy (non-hydrogen) atoms. The Kier molecular flexibility index (Phi) is 5.44. The van der Waals surface area contributed by atoms with E-state index >= 15 is 0 Å². The van der Waals surface area contributed by atoms with E-state index in [0.717, 1.165) is 6.07 Å². The molecule has 0 radical (unpaired) electrons. The van der Waals surface area contributed by atoms with Gasteiger partial charge in [0.15, 0.2) is 0 Å². The molecule has 104 valence electrons. The smallest absolute Gasteiger partial charge is 0.337 e. The summed E-state index contributed by atoms with van der Waals surface area (Å²) in [6.45, 7) is 2.37. The molecule has 0 aliphatic rings. The van der Waals surface area contributed by atoms with E-state index in [-0.39, 0.29) is 23.6 Å². The molecule has 1 aromatic carbocycles. The molecule has 0 spiro atoms. The second-order valence-electron chi connectivity index (χ2n) is 4.40. The van der Waals surface area contributed by atoms with Crippen LogP contribution in [0.4, 0.5) is 10.1 Å². The Morgan fingerprint density at radius 1 is 1.47 bits per heavy atom. The van der Waals surface area contributed by atoms with E-state index in [1.54, 1.807) is 0 Å². The molecule has 4 N–H and O–H groups in total. The quantitative estimate of drug-likeness (QED) is 0.734. The summed E-state index contributed by atoms with van der Waals surface area (Å²) in [5.74, 6) is -2.29. The van der Waals surface area contributed by atoms with Gasteiger partial charge in [-0.1, -0.05) is 13.0 Å². The molecule has 0 aliphatic carbocycles. The second kappa shape index (κ2) is 6.84. The summed E-state index contributed by atoms with van der Waals surface area (Å²) in [5, 5.41) is 11.2. The maximum Gasteiger partial charge on any atom is 0.337 e. The maximum atomic E-state index is 13.5. The van der Waals surface area contributed by atoms with Gasteiger partial charge in [-0.3, -0.25) is 4.79 Å². The SMILES string of the molecule is CC(CN)CCC(=O)Nc1c(F)cccc1C(=O)O. The van der Waals surface area contributed by atoms with Gasteiger partial charge in [0.05, 0.1) is 11.3 Å². The maximum absolute atomic E-state index is 13.5. The van der Waals surface area contributed by atoms with E-state index in [1.807, 2.05) is 6.92 Å². The van der Waals surface area contributed by atoms with Crippen molar-refractivity contribution >= 4 is 17.6 Å². The third-order valence-electron chi connectivity index (χ3n) is 2.78. The lowest BCUT2D eigenvalue weighted by molar-refractivity contribution is -0.116. The molecule has 1 unspecified atom stereocenters. The largest absolute Gasteiger partial charge is 0.478 e. The fourth-order valence-electron chi connectivity index (χ4n) is 1.53. The minimum atomic E-state index is -1.29. The number of rotatable bonds is 6. The number of carboxylic acid groups (broad SMARTS) is 1. The monoisotopic (exact) mass is 268 g/mol. The molecule has 0 bridgehead atoms. The summed E-state index contributed by atoms with van der Waals surface area (Å²) in [5.41, 5.74) is 4.87. The van der Waals surface area contributed by atoms with Gasteiger partial charge >= 0.3 is 5.97 Å². The van der Waals surface area contributed by atoms with Crippen molar-refractivity contribution in [1.82, 2.24) is 0 Å². The zero-order valence-electron chi connectivity index (χ0n) is 10.6. The highest BCUT2D eigenvalue weighted by Crippen LogP contribution is 2.20. The molecule has 0 saturated carbocycles. The topological polar surface area (TPSA) is 92.4 Å². The van der Waals surface area contributed by atoms with E-state index in [2.05, 4.69) is 5.32 Å². The Hall–Kier alpha value is -1.95. The molecule has 1 aromatic rings. The lowest BCUT2D eigenvalue weighted by Gasteiger charge is -2.11. The minimum Gasteiger partial charge on any atom is -0.478 e. The number of carbonyl (C=O) groups is 2. The summed E-state index contributed by atoms with van der Waals surface area (Å²) < 4.78 is 13.5. The first-order valence-electron chi connectivity index (χ1n) is 5.97. The number of hydrogen-bond donors (Lipinski definition) is 3. The Morgan fingerprint density at radius 3 is 2.74 bits per heavy atom. The predicted molar refractivity (Wildman–Crippen MR) is 69.4 cm³/mol. The van der Waals surface area contributed by atoms with Gasteiger partial charge in [0.2, 0.25) is 5.91 Å². The minimum absolute atomic E-state index is 0.172. The van der Waals surface area contributed by atoms with Gasteiger partial charge in [0, 0.05) is 6.42 Å². The Bertz CT molecular complexity index is 477. The van der Waals surface area contributed by atoms with Crippen LogP contribution in [0.3, 0.4) is 0 Å². The van der Waals surface area contributed by atoms with Crippen LogP contribution < -0.4 is 11.1 Å². The third kappa shape index (κ3) is 4.33. The van der Waals surface area contributed by atoms with Gasteiger partial charge in [0.1, 0.15) is 5.82 Å². The van der Waals surface area contributed by atoms with Gasteiger partial charge in [0.25, 0.3) is 0 Å². The van der Waals surface area contributed by atoms with Crippen LogP contribution >= 0.6 is 0 Å². The summed E-state index contributed by atoms with van der Waals surface area (Å²) in [7, 11) is 0. The molecule has 0 heterocycles. The van der Waals surface area contributed by atoms with Crippen LogP contribution in [0.1, 0.15) is 30.1 Å². The van der Waals surface area contributed by atoms with Gasteiger partial charge in [-0.25, -0.2) is 9.18 Å². The van der Waals surface area contributed by atoms with Crippen molar-refractivity contribution in [3.8, 4) is 0 Å². The zero-order valence-corrected chi connectivity index (χ0v) is 10.6. The normalized spacial score (nSPS) is 11.9. The number of nitrogens with one attached hydrogen (secondary N) is 1. The van der Waals surface area contributed by atoms with Crippen molar-refractivity contribution in [2.45, 2.75) is 19.8 Å². The molecular formula is C13H17FN2O3. The number of benzene rings is 1. The number of hydrogen-bond acceptors (Lipinski definition) is 3. The van der Waals surface area contributed by atoms with Gasteiger partial charge in [-0.15, -0.1) is 0 Å². The molecule has 1 atom stereocenters. The Morgan fingerprint density at radius 2 is 2.16 bits per heavy atom. The highest BCUT2D eigenvalue weighted by Gasteiger charge is 2.16. The van der Waals surface area contributed by atoms with Crippen LogP contribution in [0.5, 0.6) is 0 Å². The number of halogens is 1. The van der Waals surface area contributed by atoms with E-state index in [9.17, 15) is 14.0 Å². The lowest BCUT2D eigenvalue weighted by atomic mass is 10.1. The van der Waals surface area contributed by atoms with Crippen LogP contribution in [-0.4, -0.2) is 23.5 Å².